The van der Waals surface area contributed by atoms with E-state index in [-0.39, 0.29) is 12.2 Å². The number of benzene rings is 1. The van der Waals surface area contributed by atoms with Gasteiger partial charge in [0.1, 0.15) is 11.6 Å². The summed E-state index contributed by atoms with van der Waals surface area (Å²) in [5.74, 6) is -1.00. The number of carbonyl (C=O) groups is 3. The van der Waals surface area contributed by atoms with Crippen LogP contribution in [0.25, 0.3) is 0 Å². The minimum absolute atomic E-state index is 0.0854. The molecule has 8 heteroatoms. The molecule has 25 heavy (non-hydrogen) atoms. The number of esters is 1. The largest absolute Gasteiger partial charge is 0.462 e. The second kappa shape index (κ2) is 11.2. The van der Waals surface area contributed by atoms with E-state index in [2.05, 4.69) is 16.0 Å². The third-order valence-corrected chi connectivity index (χ3v) is 2.99. The Balaban J connectivity index is 2.56. The number of nitrogens with one attached hydrogen (secondary N) is 3. The number of anilines is 1. The van der Waals surface area contributed by atoms with Gasteiger partial charge in [-0.1, -0.05) is 0 Å². The highest BCUT2D eigenvalue weighted by Gasteiger charge is 2.10. The predicted octanol–water partition coefficient (Wildman–Crippen LogP) is 0.935. The number of nitrogens with zero attached hydrogens (tertiary/aromatic N) is 1. The minimum Gasteiger partial charge on any atom is -0.462 e. The van der Waals surface area contributed by atoms with Gasteiger partial charge in [-0.25, -0.2) is 4.79 Å². The molecular weight excluding hydrogens is 324 g/mol. The zero-order chi connectivity index (χ0) is 18.5. The van der Waals surface area contributed by atoms with Crippen LogP contribution in [0.1, 0.15) is 23.7 Å². The highest BCUT2D eigenvalue weighted by Crippen LogP contribution is 2.11. The fourth-order valence-corrected chi connectivity index (χ4v) is 1.78. The number of hydrogen-bond donors (Lipinski definition) is 3. The van der Waals surface area contributed by atoms with Crippen molar-refractivity contribution in [1.82, 2.24) is 10.6 Å². The quantitative estimate of drug-likeness (QED) is 0.191. The first-order valence-electron chi connectivity index (χ1n) is 7.71. The Hall–Kier alpha value is -3.34. The van der Waals surface area contributed by atoms with Gasteiger partial charge >= 0.3 is 5.97 Å². The van der Waals surface area contributed by atoms with Crippen LogP contribution in [-0.2, 0) is 14.3 Å². The average Bonchev–Trinajstić information content (AvgIpc) is 2.62. The fraction of sp³-hybridized carbons (Fsp3) is 0.294. The van der Waals surface area contributed by atoms with Crippen LogP contribution in [0.5, 0.6) is 0 Å². The molecule has 0 saturated carbocycles. The van der Waals surface area contributed by atoms with Gasteiger partial charge in [-0.15, -0.1) is 0 Å². The first-order chi connectivity index (χ1) is 12.1. The zero-order valence-electron chi connectivity index (χ0n) is 13.9. The van der Waals surface area contributed by atoms with Crippen molar-refractivity contribution in [2.45, 2.75) is 13.3 Å². The molecule has 0 atom stereocenters. The van der Waals surface area contributed by atoms with Crippen LogP contribution in [-0.4, -0.2) is 38.0 Å². The maximum absolute atomic E-state index is 12.0. The molecule has 1 rings (SSSR count). The van der Waals surface area contributed by atoms with E-state index in [4.69, 9.17) is 10.00 Å². The third-order valence-electron chi connectivity index (χ3n) is 2.99. The van der Waals surface area contributed by atoms with E-state index in [0.717, 1.165) is 0 Å². The molecule has 132 valence electrons. The monoisotopic (exact) mass is 344 g/mol. The zero-order valence-corrected chi connectivity index (χ0v) is 13.9. The van der Waals surface area contributed by atoms with E-state index in [9.17, 15) is 14.4 Å². The normalized spacial score (nSPS) is 10.3. The standard InChI is InChI=1S/C17H20N4O4/c1-2-25-17(24)13-4-6-15(7-5-13)21-16(23)14(10-18)11-19-8-3-9-20-12-22/h4-7,11-12,19H,2-3,8-9H2,1H3,(H,20,22)(H,21,23)/b14-11-. The lowest BCUT2D eigenvalue weighted by molar-refractivity contribution is -0.112. The van der Waals surface area contributed by atoms with Gasteiger partial charge in [-0.05, 0) is 37.6 Å². The van der Waals surface area contributed by atoms with Gasteiger partial charge in [0.25, 0.3) is 5.91 Å². The maximum Gasteiger partial charge on any atom is 0.338 e. The highest BCUT2D eigenvalue weighted by molar-refractivity contribution is 6.06. The lowest BCUT2D eigenvalue weighted by Crippen LogP contribution is -2.20. The van der Waals surface area contributed by atoms with Crippen molar-refractivity contribution in [2.24, 2.45) is 0 Å². The number of carbonyl (C=O) groups excluding carboxylic acids is 3. The van der Waals surface area contributed by atoms with Gasteiger partial charge in [0, 0.05) is 25.0 Å². The smallest absolute Gasteiger partial charge is 0.338 e. The molecule has 8 nitrogen and oxygen atoms in total. The Morgan fingerprint density at radius 2 is 1.88 bits per heavy atom. The molecule has 0 unspecified atom stereocenters. The Bertz CT molecular complexity index is 662. The molecule has 0 fully saturated rings. The molecule has 0 aliphatic heterocycles. The molecule has 0 saturated heterocycles. The third kappa shape index (κ3) is 7.18. The summed E-state index contributed by atoms with van der Waals surface area (Å²) in [5, 5.41) is 17.0. The number of amides is 2. The lowest BCUT2D eigenvalue weighted by atomic mass is 10.2. The summed E-state index contributed by atoms with van der Waals surface area (Å²) < 4.78 is 4.87. The Labute approximate surface area is 145 Å². The van der Waals surface area contributed by atoms with Crippen LogP contribution >= 0.6 is 0 Å². The first kappa shape index (κ1) is 19.7. The van der Waals surface area contributed by atoms with Crippen LogP contribution in [0.15, 0.2) is 36.0 Å². The summed E-state index contributed by atoms with van der Waals surface area (Å²) in [7, 11) is 0. The number of hydrogen-bond acceptors (Lipinski definition) is 6. The van der Waals surface area contributed by atoms with E-state index in [1.165, 1.54) is 18.3 Å². The van der Waals surface area contributed by atoms with Crippen molar-refractivity contribution in [3.8, 4) is 6.07 Å². The summed E-state index contributed by atoms with van der Waals surface area (Å²) in [6.45, 7) is 3.01. The summed E-state index contributed by atoms with van der Waals surface area (Å²) >= 11 is 0. The molecule has 2 amide bonds. The molecule has 0 aliphatic rings. The molecule has 0 bridgehead atoms. The van der Waals surface area contributed by atoms with Crippen LogP contribution in [0, 0.1) is 11.3 Å². The van der Waals surface area contributed by atoms with Gasteiger partial charge in [-0.2, -0.15) is 5.26 Å². The van der Waals surface area contributed by atoms with E-state index in [0.29, 0.717) is 37.2 Å². The Morgan fingerprint density at radius 3 is 2.48 bits per heavy atom. The van der Waals surface area contributed by atoms with Crippen LogP contribution in [0.2, 0.25) is 0 Å². The summed E-state index contributed by atoms with van der Waals surface area (Å²) in [4.78, 5) is 33.7. The topological polar surface area (TPSA) is 120 Å². The summed E-state index contributed by atoms with van der Waals surface area (Å²) in [6.07, 6.45) is 2.59. The van der Waals surface area contributed by atoms with E-state index in [1.54, 1.807) is 19.1 Å². The number of ether oxygens (including phenoxy) is 1. The minimum atomic E-state index is -0.565. The molecule has 1 aromatic carbocycles. The van der Waals surface area contributed by atoms with Crippen molar-refractivity contribution in [2.75, 3.05) is 25.0 Å². The van der Waals surface area contributed by atoms with Crippen LogP contribution in [0.3, 0.4) is 0 Å². The van der Waals surface area contributed by atoms with Crippen LogP contribution < -0.4 is 16.0 Å². The SMILES string of the molecule is CCOC(=O)c1ccc(NC(=O)/C(C#N)=C\NCCCNC=O)cc1. The van der Waals surface area contributed by atoms with Gasteiger partial charge < -0.3 is 20.7 Å². The van der Waals surface area contributed by atoms with Gasteiger partial charge in [-0.3, -0.25) is 9.59 Å². The van der Waals surface area contributed by atoms with Crippen molar-refractivity contribution in [3.63, 3.8) is 0 Å². The second-order valence-corrected chi connectivity index (χ2v) is 4.80. The predicted molar refractivity (Wildman–Crippen MR) is 91.4 cm³/mol. The Morgan fingerprint density at radius 1 is 1.20 bits per heavy atom. The summed E-state index contributed by atoms with van der Waals surface area (Å²) in [5.41, 5.74) is 0.744. The molecule has 3 N–H and O–H groups in total. The van der Waals surface area contributed by atoms with Crippen molar-refractivity contribution >= 4 is 24.0 Å². The summed E-state index contributed by atoms with van der Waals surface area (Å²) in [6, 6.07) is 7.98. The van der Waals surface area contributed by atoms with E-state index in [1.807, 2.05) is 6.07 Å². The highest BCUT2D eigenvalue weighted by atomic mass is 16.5. The number of nitriles is 1. The molecular formula is C17H20N4O4. The fourth-order valence-electron chi connectivity index (χ4n) is 1.78. The van der Waals surface area contributed by atoms with Crippen molar-refractivity contribution in [1.29, 1.82) is 5.26 Å². The molecule has 0 heterocycles. The maximum atomic E-state index is 12.0. The Kier molecular flexibility index (Phi) is 8.86. The first-order valence-corrected chi connectivity index (χ1v) is 7.71. The second-order valence-electron chi connectivity index (χ2n) is 4.80. The van der Waals surface area contributed by atoms with Gasteiger partial charge in [0.05, 0.1) is 12.2 Å². The van der Waals surface area contributed by atoms with Crippen LogP contribution in [0.4, 0.5) is 5.69 Å². The molecule has 1 aromatic rings. The number of rotatable bonds is 10. The molecule has 0 spiro atoms. The lowest BCUT2D eigenvalue weighted by Gasteiger charge is -2.06. The molecule has 0 aliphatic carbocycles. The van der Waals surface area contributed by atoms with Gasteiger partial charge in [0.2, 0.25) is 6.41 Å². The molecule has 0 radical (unpaired) electrons. The van der Waals surface area contributed by atoms with Crippen molar-refractivity contribution in [3.05, 3.63) is 41.6 Å². The average molecular weight is 344 g/mol. The molecule has 0 aromatic heterocycles. The van der Waals surface area contributed by atoms with Gasteiger partial charge in [0.15, 0.2) is 0 Å². The van der Waals surface area contributed by atoms with Crippen molar-refractivity contribution < 1.29 is 19.1 Å². The van der Waals surface area contributed by atoms with E-state index < -0.39 is 11.9 Å². The van der Waals surface area contributed by atoms with E-state index >= 15 is 0 Å².